The Balaban J connectivity index is 1.35. The fourth-order valence-corrected chi connectivity index (χ4v) is 3.52. The summed E-state index contributed by atoms with van der Waals surface area (Å²) < 4.78 is 11.1. The fourth-order valence-electron chi connectivity index (χ4n) is 3.52. The Bertz CT molecular complexity index is 936. The summed E-state index contributed by atoms with van der Waals surface area (Å²) in [5.41, 5.74) is 2.81. The third kappa shape index (κ3) is 4.42. The van der Waals surface area contributed by atoms with Gasteiger partial charge in [-0.05, 0) is 47.9 Å². The van der Waals surface area contributed by atoms with Gasteiger partial charge in [0.1, 0.15) is 13.2 Å². The highest BCUT2D eigenvalue weighted by Gasteiger charge is 2.21. The summed E-state index contributed by atoms with van der Waals surface area (Å²) in [5, 5.41) is 0. The zero-order valence-corrected chi connectivity index (χ0v) is 16.5. The molecule has 2 aliphatic rings. The molecule has 0 aliphatic carbocycles. The second-order valence-corrected chi connectivity index (χ2v) is 7.25. The van der Waals surface area contributed by atoms with E-state index in [0.29, 0.717) is 26.2 Å². The Morgan fingerprint density at radius 1 is 1.10 bits per heavy atom. The van der Waals surface area contributed by atoms with Crippen molar-refractivity contribution < 1.29 is 19.1 Å². The molecule has 6 heteroatoms. The van der Waals surface area contributed by atoms with Gasteiger partial charge in [0.2, 0.25) is 11.8 Å². The van der Waals surface area contributed by atoms with Gasteiger partial charge in [-0.25, -0.2) is 0 Å². The van der Waals surface area contributed by atoms with E-state index in [-0.39, 0.29) is 11.8 Å². The zero-order chi connectivity index (χ0) is 20.2. The minimum absolute atomic E-state index is 0.0845. The van der Waals surface area contributed by atoms with E-state index in [2.05, 4.69) is 0 Å². The Kier molecular flexibility index (Phi) is 5.51. The number of hydrogen-bond acceptors (Lipinski definition) is 4. The minimum Gasteiger partial charge on any atom is -0.486 e. The van der Waals surface area contributed by atoms with Gasteiger partial charge in [0, 0.05) is 38.3 Å². The van der Waals surface area contributed by atoms with E-state index >= 15 is 0 Å². The quantitative estimate of drug-likeness (QED) is 0.733. The maximum Gasteiger partial charge on any atom is 0.246 e. The molecule has 0 N–H and O–H groups in total. The molecule has 0 radical (unpaired) electrons. The highest BCUT2D eigenvalue weighted by Crippen LogP contribution is 2.31. The van der Waals surface area contributed by atoms with Crippen LogP contribution >= 0.6 is 0 Å². The van der Waals surface area contributed by atoms with Crippen molar-refractivity contribution in [2.45, 2.75) is 19.4 Å². The van der Waals surface area contributed by atoms with Crippen molar-refractivity contribution in [3.8, 4) is 11.5 Å². The Morgan fingerprint density at radius 2 is 1.86 bits per heavy atom. The monoisotopic (exact) mass is 392 g/mol. The van der Waals surface area contributed by atoms with Gasteiger partial charge in [-0.1, -0.05) is 18.2 Å². The van der Waals surface area contributed by atoms with E-state index in [0.717, 1.165) is 41.3 Å². The second-order valence-electron chi connectivity index (χ2n) is 7.25. The molecular formula is C23H24N2O4. The first-order valence-corrected chi connectivity index (χ1v) is 9.82. The topological polar surface area (TPSA) is 59.1 Å². The van der Waals surface area contributed by atoms with Crippen molar-refractivity contribution in [3.63, 3.8) is 0 Å². The first kappa shape index (κ1) is 19.1. The Morgan fingerprint density at radius 3 is 2.59 bits per heavy atom. The van der Waals surface area contributed by atoms with Crippen molar-refractivity contribution in [1.29, 1.82) is 0 Å². The average molecular weight is 392 g/mol. The second kappa shape index (κ2) is 8.39. The molecule has 150 valence electrons. The molecule has 2 aromatic rings. The first-order valence-electron chi connectivity index (χ1n) is 9.82. The number of fused-ring (bicyclic) bond motifs is 1. The predicted molar refractivity (Wildman–Crippen MR) is 111 cm³/mol. The van der Waals surface area contributed by atoms with Crippen molar-refractivity contribution >= 4 is 23.6 Å². The molecule has 0 unspecified atom stereocenters. The lowest BCUT2D eigenvalue weighted by molar-refractivity contribution is -0.125. The molecular weight excluding hydrogens is 368 g/mol. The number of carbonyl (C=O) groups is 2. The number of anilines is 1. The zero-order valence-electron chi connectivity index (χ0n) is 16.5. The molecule has 0 bridgehead atoms. The SMILES string of the molecule is CN(Cc1ccc2c(c1)OCCO2)C(=O)/C=C/c1ccc(N2CCCC2=O)cc1. The highest BCUT2D eigenvalue weighted by molar-refractivity contribution is 5.95. The molecule has 4 rings (SSSR count). The summed E-state index contributed by atoms with van der Waals surface area (Å²) in [6.45, 7) is 2.36. The Labute approximate surface area is 170 Å². The number of benzene rings is 2. The van der Waals surface area contributed by atoms with E-state index < -0.39 is 0 Å². The predicted octanol–water partition coefficient (Wildman–Crippen LogP) is 3.26. The van der Waals surface area contributed by atoms with E-state index in [4.69, 9.17) is 9.47 Å². The van der Waals surface area contributed by atoms with E-state index in [9.17, 15) is 9.59 Å². The van der Waals surface area contributed by atoms with Crippen LogP contribution in [0, 0.1) is 0 Å². The van der Waals surface area contributed by atoms with E-state index in [1.807, 2.05) is 42.5 Å². The summed E-state index contributed by atoms with van der Waals surface area (Å²) in [6, 6.07) is 13.4. The number of rotatable bonds is 5. The van der Waals surface area contributed by atoms with Crippen LogP contribution in [0.2, 0.25) is 0 Å². The fraction of sp³-hybridized carbons (Fsp3) is 0.304. The summed E-state index contributed by atoms with van der Waals surface area (Å²) >= 11 is 0. The largest absolute Gasteiger partial charge is 0.486 e. The van der Waals surface area contributed by atoms with Crippen molar-refractivity contribution in [2.75, 3.05) is 31.7 Å². The molecule has 2 amide bonds. The third-order valence-corrected chi connectivity index (χ3v) is 5.10. The van der Waals surface area contributed by atoms with Gasteiger partial charge in [-0.3, -0.25) is 9.59 Å². The molecule has 2 aromatic carbocycles. The molecule has 0 aromatic heterocycles. The standard InChI is InChI=1S/C23H24N2O4/c1-24(16-18-6-10-20-21(15-18)29-14-13-28-20)22(26)11-7-17-4-8-19(9-5-17)25-12-2-3-23(25)27/h4-11,15H,2-3,12-14,16H2,1H3/b11-7+. The molecule has 2 aliphatic heterocycles. The van der Waals surface area contributed by atoms with Crippen molar-refractivity contribution in [2.24, 2.45) is 0 Å². The molecule has 6 nitrogen and oxygen atoms in total. The lowest BCUT2D eigenvalue weighted by Crippen LogP contribution is -2.24. The van der Waals surface area contributed by atoms with Crippen LogP contribution in [0.1, 0.15) is 24.0 Å². The van der Waals surface area contributed by atoms with Gasteiger partial charge in [0.05, 0.1) is 0 Å². The van der Waals surface area contributed by atoms with Gasteiger partial charge in [-0.2, -0.15) is 0 Å². The maximum atomic E-state index is 12.5. The third-order valence-electron chi connectivity index (χ3n) is 5.10. The van der Waals surface area contributed by atoms with Gasteiger partial charge < -0.3 is 19.3 Å². The number of nitrogens with zero attached hydrogens (tertiary/aromatic N) is 2. The minimum atomic E-state index is -0.0845. The van der Waals surface area contributed by atoms with E-state index in [1.54, 1.807) is 29.0 Å². The molecule has 0 saturated carbocycles. The molecule has 29 heavy (non-hydrogen) atoms. The van der Waals surface area contributed by atoms with Crippen LogP contribution < -0.4 is 14.4 Å². The summed E-state index contributed by atoms with van der Waals surface area (Å²) in [4.78, 5) is 27.7. The normalized spacial score (nSPS) is 15.8. The summed E-state index contributed by atoms with van der Waals surface area (Å²) in [7, 11) is 1.77. The van der Waals surface area contributed by atoms with Crippen LogP contribution in [0.5, 0.6) is 11.5 Å². The van der Waals surface area contributed by atoms with Crippen molar-refractivity contribution in [3.05, 3.63) is 59.7 Å². The highest BCUT2D eigenvalue weighted by atomic mass is 16.6. The lowest BCUT2D eigenvalue weighted by Gasteiger charge is -2.20. The molecule has 2 heterocycles. The molecule has 0 spiro atoms. The number of amides is 2. The summed E-state index contributed by atoms with van der Waals surface area (Å²) in [5.74, 6) is 1.55. The van der Waals surface area contributed by atoms with Crippen molar-refractivity contribution in [1.82, 2.24) is 4.90 Å². The molecule has 1 saturated heterocycles. The van der Waals surface area contributed by atoms with Crippen LogP contribution in [-0.4, -0.2) is 43.5 Å². The number of ether oxygens (including phenoxy) is 2. The first-order chi connectivity index (χ1) is 14.1. The average Bonchev–Trinajstić information content (AvgIpc) is 3.18. The van der Waals surface area contributed by atoms with Crippen LogP contribution in [-0.2, 0) is 16.1 Å². The van der Waals surface area contributed by atoms with Gasteiger partial charge >= 0.3 is 0 Å². The van der Waals surface area contributed by atoms with Crippen LogP contribution in [0.4, 0.5) is 5.69 Å². The van der Waals surface area contributed by atoms with Crippen LogP contribution in [0.3, 0.4) is 0 Å². The lowest BCUT2D eigenvalue weighted by atomic mass is 10.1. The number of likely N-dealkylation sites (N-methyl/N-ethyl adjacent to an activating group) is 1. The number of hydrogen-bond donors (Lipinski definition) is 0. The van der Waals surface area contributed by atoms with Gasteiger partial charge in [-0.15, -0.1) is 0 Å². The van der Waals surface area contributed by atoms with Gasteiger partial charge in [0.25, 0.3) is 0 Å². The molecule has 0 atom stereocenters. The van der Waals surface area contributed by atoms with E-state index in [1.165, 1.54) is 0 Å². The van der Waals surface area contributed by atoms with Crippen LogP contribution in [0.15, 0.2) is 48.5 Å². The maximum absolute atomic E-state index is 12.5. The smallest absolute Gasteiger partial charge is 0.246 e. The van der Waals surface area contributed by atoms with Gasteiger partial charge in [0.15, 0.2) is 11.5 Å². The van der Waals surface area contributed by atoms with Crippen LogP contribution in [0.25, 0.3) is 6.08 Å². The Hall–Kier alpha value is -3.28. The summed E-state index contributed by atoms with van der Waals surface area (Å²) in [6.07, 6.45) is 4.88. The number of carbonyl (C=O) groups excluding carboxylic acids is 2. The molecule has 1 fully saturated rings.